The molecule has 0 spiro atoms. The Morgan fingerprint density at radius 1 is 1.26 bits per heavy atom. The second kappa shape index (κ2) is 7.23. The van der Waals surface area contributed by atoms with Crippen LogP contribution >= 0.6 is 11.6 Å². The Labute approximate surface area is 162 Å². The van der Waals surface area contributed by atoms with Crippen molar-refractivity contribution in [2.45, 2.75) is 44.7 Å². The number of aromatic nitrogens is 2. The Kier molecular flexibility index (Phi) is 4.78. The van der Waals surface area contributed by atoms with Crippen LogP contribution < -0.4 is 15.4 Å². The highest BCUT2D eigenvalue weighted by Crippen LogP contribution is 2.28. The van der Waals surface area contributed by atoms with E-state index in [-0.39, 0.29) is 17.9 Å². The standard InChI is InChI=1S/C19H21ClN4O3/c1-27-15-8-7-12(10-13(15)20)22-18(25)16-14-4-2-3-9-24(14)17(23-16)19(26)21-11-5-6-11/h7-8,10-11H,2-6,9H2,1H3,(H,21,26)(H,22,25). The minimum atomic E-state index is -0.340. The first-order valence-corrected chi connectivity index (χ1v) is 9.49. The number of ether oxygens (including phenoxy) is 1. The average molecular weight is 389 g/mol. The van der Waals surface area contributed by atoms with E-state index in [0.29, 0.717) is 34.5 Å². The minimum Gasteiger partial charge on any atom is -0.495 e. The predicted molar refractivity (Wildman–Crippen MR) is 102 cm³/mol. The largest absolute Gasteiger partial charge is 0.495 e. The number of methoxy groups -OCH3 is 1. The fourth-order valence-corrected chi connectivity index (χ4v) is 3.57. The third kappa shape index (κ3) is 3.64. The summed E-state index contributed by atoms with van der Waals surface area (Å²) in [5.41, 5.74) is 1.68. The molecule has 1 fully saturated rings. The number of hydrogen-bond acceptors (Lipinski definition) is 4. The van der Waals surface area contributed by atoms with Gasteiger partial charge in [-0.2, -0.15) is 0 Å². The number of benzene rings is 1. The van der Waals surface area contributed by atoms with Gasteiger partial charge in [0, 0.05) is 18.3 Å². The van der Waals surface area contributed by atoms with E-state index in [9.17, 15) is 9.59 Å². The van der Waals surface area contributed by atoms with Crippen molar-refractivity contribution >= 4 is 29.1 Å². The number of nitrogens with one attached hydrogen (secondary N) is 2. The lowest BCUT2D eigenvalue weighted by Crippen LogP contribution is -2.29. The molecule has 0 radical (unpaired) electrons. The average Bonchev–Trinajstić information content (AvgIpc) is 3.38. The van der Waals surface area contributed by atoms with Crippen LogP contribution in [0.15, 0.2) is 18.2 Å². The molecule has 142 valence electrons. The van der Waals surface area contributed by atoms with Crippen molar-refractivity contribution in [2.24, 2.45) is 0 Å². The highest BCUT2D eigenvalue weighted by Gasteiger charge is 2.30. The van der Waals surface area contributed by atoms with Gasteiger partial charge in [-0.1, -0.05) is 11.6 Å². The number of halogens is 1. The maximum Gasteiger partial charge on any atom is 0.287 e. The molecule has 2 N–H and O–H groups in total. The SMILES string of the molecule is COc1ccc(NC(=O)c2nc(C(=O)NC3CC3)n3c2CCCC3)cc1Cl. The summed E-state index contributed by atoms with van der Waals surface area (Å²) in [6.45, 7) is 0.706. The first kappa shape index (κ1) is 17.9. The van der Waals surface area contributed by atoms with E-state index >= 15 is 0 Å². The number of fused-ring (bicyclic) bond motifs is 1. The number of carbonyl (C=O) groups excluding carboxylic acids is 2. The van der Waals surface area contributed by atoms with Gasteiger partial charge in [-0.25, -0.2) is 4.98 Å². The highest BCUT2D eigenvalue weighted by atomic mass is 35.5. The fourth-order valence-electron chi connectivity index (χ4n) is 3.31. The fraction of sp³-hybridized carbons (Fsp3) is 0.421. The van der Waals surface area contributed by atoms with Crippen molar-refractivity contribution < 1.29 is 14.3 Å². The molecule has 0 bridgehead atoms. The molecule has 2 amide bonds. The molecule has 0 atom stereocenters. The quantitative estimate of drug-likeness (QED) is 0.824. The minimum absolute atomic E-state index is 0.202. The van der Waals surface area contributed by atoms with Crippen molar-refractivity contribution in [3.63, 3.8) is 0 Å². The molecule has 7 nitrogen and oxygen atoms in total. The van der Waals surface area contributed by atoms with E-state index in [1.165, 1.54) is 7.11 Å². The summed E-state index contributed by atoms with van der Waals surface area (Å²) in [4.78, 5) is 29.8. The van der Waals surface area contributed by atoms with Crippen molar-refractivity contribution in [3.05, 3.63) is 40.4 Å². The monoisotopic (exact) mass is 388 g/mol. The Balaban J connectivity index is 1.60. The molecule has 1 saturated carbocycles. The molecule has 2 aliphatic rings. The number of anilines is 1. The van der Waals surface area contributed by atoms with Gasteiger partial charge in [0.15, 0.2) is 11.5 Å². The number of carbonyl (C=O) groups is 2. The van der Waals surface area contributed by atoms with E-state index in [4.69, 9.17) is 16.3 Å². The third-order valence-electron chi connectivity index (χ3n) is 4.86. The molecule has 27 heavy (non-hydrogen) atoms. The van der Waals surface area contributed by atoms with Crippen LogP contribution in [-0.2, 0) is 13.0 Å². The number of amides is 2. The lowest BCUT2D eigenvalue weighted by atomic mass is 10.1. The van der Waals surface area contributed by atoms with Gasteiger partial charge in [0.1, 0.15) is 5.75 Å². The lowest BCUT2D eigenvalue weighted by Gasteiger charge is -2.17. The van der Waals surface area contributed by atoms with E-state index in [2.05, 4.69) is 15.6 Å². The van der Waals surface area contributed by atoms with Gasteiger partial charge in [0.25, 0.3) is 11.8 Å². The van der Waals surface area contributed by atoms with Crippen LogP contribution in [0, 0.1) is 0 Å². The first-order valence-electron chi connectivity index (χ1n) is 9.12. The molecule has 1 aromatic carbocycles. The van der Waals surface area contributed by atoms with Crippen LogP contribution in [-0.4, -0.2) is 34.5 Å². The third-order valence-corrected chi connectivity index (χ3v) is 5.15. The number of imidazole rings is 1. The Hall–Kier alpha value is -2.54. The van der Waals surface area contributed by atoms with E-state index in [1.807, 2.05) is 4.57 Å². The number of nitrogens with zero attached hydrogens (tertiary/aromatic N) is 2. The zero-order chi connectivity index (χ0) is 19.0. The van der Waals surface area contributed by atoms with Crippen LogP contribution in [0.25, 0.3) is 0 Å². The summed E-state index contributed by atoms with van der Waals surface area (Å²) in [6, 6.07) is 5.27. The normalized spacial score (nSPS) is 15.8. The molecule has 0 unspecified atom stereocenters. The Bertz CT molecular complexity index is 905. The van der Waals surface area contributed by atoms with Gasteiger partial charge >= 0.3 is 0 Å². The van der Waals surface area contributed by atoms with Crippen molar-refractivity contribution in [1.29, 1.82) is 0 Å². The summed E-state index contributed by atoms with van der Waals surface area (Å²) < 4.78 is 7.01. The summed E-state index contributed by atoms with van der Waals surface area (Å²) in [5.74, 6) is 0.321. The molecule has 4 rings (SSSR count). The van der Waals surface area contributed by atoms with Gasteiger partial charge in [0.05, 0.1) is 17.8 Å². The van der Waals surface area contributed by atoms with E-state index in [1.54, 1.807) is 18.2 Å². The van der Waals surface area contributed by atoms with Crippen LogP contribution in [0.4, 0.5) is 5.69 Å². The van der Waals surface area contributed by atoms with Gasteiger partial charge < -0.3 is 19.9 Å². The highest BCUT2D eigenvalue weighted by molar-refractivity contribution is 6.32. The molecule has 1 aliphatic carbocycles. The molecule has 2 heterocycles. The topological polar surface area (TPSA) is 85.2 Å². The lowest BCUT2D eigenvalue weighted by molar-refractivity contribution is 0.0935. The summed E-state index contributed by atoms with van der Waals surface area (Å²) >= 11 is 6.13. The van der Waals surface area contributed by atoms with Crippen LogP contribution in [0.3, 0.4) is 0 Å². The smallest absolute Gasteiger partial charge is 0.287 e. The molecule has 1 aliphatic heterocycles. The maximum absolute atomic E-state index is 12.8. The summed E-state index contributed by atoms with van der Waals surface area (Å²) in [7, 11) is 1.53. The predicted octanol–water partition coefficient (Wildman–Crippen LogP) is 3.03. The second-order valence-electron chi connectivity index (χ2n) is 6.89. The number of hydrogen-bond donors (Lipinski definition) is 2. The summed E-state index contributed by atoms with van der Waals surface area (Å²) in [6.07, 6.45) is 4.69. The Morgan fingerprint density at radius 3 is 2.78 bits per heavy atom. The van der Waals surface area contributed by atoms with Gasteiger partial charge in [-0.3, -0.25) is 9.59 Å². The molecule has 2 aromatic rings. The van der Waals surface area contributed by atoms with Gasteiger partial charge in [0.2, 0.25) is 0 Å². The molecule has 0 saturated heterocycles. The van der Waals surface area contributed by atoms with Crippen LogP contribution in [0.5, 0.6) is 5.75 Å². The van der Waals surface area contributed by atoms with Gasteiger partial charge in [-0.05, 0) is 50.3 Å². The first-order chi connectivity index (χ1) is 13.1. The van der Waals surface area contributed by atoms with Gasteiger partial charge in [-0.15, -0.1) is 0 Å². The van der Waals surface area contributed by atoms with Crippen molar-refractivity contribution in [1.82, 2.24) is 14.9 Å². The Morgan fingerprint density at radius 2 is 2.07 bits per heavy atom. The van der Waals surface area contributed by atoms with E-state index in [0.717, 1.165) is 37.8 Å². The molecule has 8 heteroatoms. The molecule has 1 aromatic heterocycles. The van der Waals surface area contributed by atoms with Crippen LogP contribution in [0.1, 0.15) is 52.5 Å². The zero-order valence-electron chi connectivity index (χ0n) is 15.0. The molecular weight excluding hydrogens is 368 g/mol. The van der Waals surface area contributed by atoms with Crippen molar-refractivity contribution in [2.75, 3.05) is 12.4 Å². The number of rotatable bonds is 5. The van der Waals surface area contributed by atoms with Crippen molar-refractivity contribution in [3.8, 4) is 5.75 Å². The second-order valence-corrected chi connectivity index (χ2v) is 7.30. The summed E-state index contributed by atoms with van der Waals surface area (Å²) in [5, 5.41) is 6.19. The zero-order valence-corrected chi connectivity index (χ0v) is 15.8. The van der Waals surface area contributed by atoms with E-state index < -0.39 is 0 Å². The molecular formula is C19H21ClN4O3. The maximum atomic E-state index is 12.8. The van der Waals surface area contributed by atoms with Crippen LogP contribution in [0.2, 0.25) is 5.02 Å².